The van der Waals surface area contributed by atoms with Gasteiger partial charge >= 0.3 is 12.1 Å². The number of nitrogens with zero attached hydrogens (tertiary/aromatic N) is 4. The highest BCUT2D eigenvalue weighted by molar-refractivity contribution is 6.20. The second-order valence-electron chi connectivity index (χ2n) is 5.31. The van der Waals surface area contributed by atoms with Gasteiger partial charge in [0.1, 0.15) is 11.5 Å². The molecule has 0 aromatic rings. The van der Waals surface area contributed by atoms with Crippen molar-refractivity contribution < 1.29 is 14.0 Å². The molecule has 1 aliphatic heterocycles. The Kier molecular flexibility index (Phi) is 6.88. The Balaban J connectivity index is 3.37. The number of aliphatic imine (C=N–C) groups is 1. The summed E-state index contributed by atoms with van der Waals surface area (Å²) in [5.41, 5.74) is 11.4. The number of rotatable bonds is 5. The summed E-state index contributed by atoms with van der Waals surface area (Å²) in [4.78, 5) is 32.6. The van der Waals surface area contributed by atoms with Crippen LogP contribution in [0.5, 0.6) is 0 Å². The molecule has 1 rings (SSSR count). The van der Waals surface area contributed by atoms with Gasteiger partial charge in [0.15, 0.2) is 5.84 Å². The third-order valence-corrected chi connectivity index (χ3v) is 3.58. The van der Waals surface area contributed by atoms with E-state index in [2.05, 4.69) is 18.2 Å². The van der Waals surface area contributed by atoms with Crippen LogP contribution in [0.1, 0.15) is 6.92 Å². The van der Waals surface area contributed by atoms with E-state index in [1.54, 1.807) is 14.0 Å². The number of hydrogen-bond acceptors (Lipinski definition) is 5. The number of amides is 4. The first-order valence-electron chi connectivity index (χ1n) is 7.67. The van der Waals surface area contributed by atoms with E-state index in [9.17, 15) is 14.0 Å². The first-order chi connectivity index (χ1) is 12.2. The minimum Gasteiger partial charge on any atom is -0.405 e. The molecule has 1 aliphatic rings. The largest absolute Gasteiger partial charge is 0.405 e. The van der Waals surface area contributed by atoms with Crippen LogP contribution in [0.15, 0.2) is 65.5 Å². The second kappa shape index (κ2) is 8.65. The molecular weight excluding hydrogens is 339 g/mol. The predicted octanol–water partition coefficient (Wildman–Crippen LogP) is 2.02. The maximum atomic E-state index is 13.1. The Morgan fingerprint density at radius 3 is 2.46 bits per heavy atom. The molecule has 26 heavy (non-hydrogen) atoms. The van der Waals surface area contributed by atoms with Crippen molar-refractivity contribution in [2.45, 2.75) is 6.92 Å². The van der Waals surface area contributed by atoms with Crippen LogP contribution in [-0.4, -0.2) is 53.2 Å². The number of hydrogen-bond donors (Lipinski definition) is 2. The lowest BCUT2D eigenvalue weighted by Gasteiger charge is -2.21. The number of nitrogens with two attached hydrogens (primary N) is 2. The molecule has 4 amide bonds. The number of halogens is 1. The summed E-state index contributed by atoms with van der Waals surface area (Å²) in [7, 11) is 2.99. The van der Waals surface area contributed by atoms with Gasteiger partial charge < -0.3 is 16.4 Å². The van der Waals surface area contributed by atoms with E-state index in [-0.39, 0.29) is 22.8 Å². The minimum atomic E-state index is -0.716. The molecule has 0 aromatic carbocycles. The van der Waals surface area contributed by atoms with Crippen molar-refractivity contribution in [3.63, 3.8) is 0 Å². The summed E-state index contributed by atoms with van der Waals surface area (Å²) in [5, 5.41) is 0. The van der Waals surface area contributed by atoms with Crippen molar-refractivity contribution >= 4 is 17.9 Å². The minimum absolute atomic E-state index is 0.0964. The summed E-state index contributed by atoms with van der Waals surface area (Å²) in [6.45, 7) is 9.07. The first kappa shape index (κ1) is 20.7. The fourth-order valence-electron chi connectivity index (χ4n) is 2.08. The third kappa shape index (κ3) is 4.18. The summed E-state index contributed by atoms with van der Waals surface area (Å²) < 4.78 is 13.1. The van der Waals surface area contributed by atoms with Crippen LogP contribution in [0.3, 0.4) is 0 Å². The maximum absolute atomic E-state index is 13.1. The average molecular weight is 362 g/mol. The molecule has 0 unspecified atom stereocenters. The van der Waals surface area contributed by atoms with Crippen LogP contribution in [0, 0.1) is 0 Å². The Hall–Kier alpha value is -3.36. The average Bonchev–Trinajstić information content (AvgIpc) is 2.83. The Morgan fingerprint density at radius 1 is 1.38 bits per heavy atom. The lowest BCUT2D eigenvalue weighted by atomic mass is 10.2. The van der Waals surface area contributed by atoms with Gasteiger partial charge in [0, 0.05) is 32.4 Å². The highest BCUT2D eigenvalue weighted by Gasteiger charge is 2.42. The van der Waals surface area contributed by atoms with Gasteiger partial charge in [-0.1, -0.05) is 13.2 Å². The third-order valence-electron chi connectivity index (χ3n) is 3.58. The van der Waals surface area contributed by atoms with E-state index in [4.69, 9.17) is 11.5 Å². The molecule has 4 N–H and O–H groups in total. The predicted molar refractivity (Wildman–Crippen MR) is 99.2 cm³/mol. The summed E-state index contributed by atoms with van der Waals surface area (Å²) in [5.74, 6) is -0.618. The zero-order valence-electron chi connectivity index (χ0n) is 15.1. The van der Waals surface area contributed by atoms with Gasteiger partial charge in [-0.15, -0.1) is 0 Å². The molecule has 0 radical (unpaired) electrons. The Labute approximate surface area is 151 Å². The van der Waals surface area contributed by atoms with E-state index in [0.717, 1.165) is 22.1 Å². The molecular formula is C17H23FN6O2. The molecule has 0 saturated carbocycles. The van der Waals surface area contributed by atoms with Gasteiger partial charge in [-0.2, -0.15) is 0 Å². The van der Waals surface area contributed by atoms with E-state index >= 15 is 0 Å². The monoisotopic (exact) mass is 362 g/mol. The zero-order chi connectivity index (χ0) is 20.0. The number of likely N-dealkylation sites (N-methyl/N-ethyl adjacent to an activating group) is 1. The highest BCUT2D eigenvalue weighted by atomic mass is 19.1. The molecule has 0 atom stereocenters. The van der Waals surface area contributed by atoms with Crippen LogP contribution < -0.4 is 11.5 Å². The number of carbonyl (C=O) groups excluding carboxylic acids is 2. The Morgan fingerprint density at radius 2 is 2.00 bits per heavy atom. The fraction of sp³-hybridized carbons (Fsp3) is 0.235. The molecule has 8 nitrogen and oxygen atoms in total. The first-order valence-corrected chi connectivity index (χ1v) is 7.67. The molecule has 1 fully saturated rings. The lowest BCUT2D eigenvalue weighted by Crippen LogP contribution is -2.42. The van der Waals surface area contributed by atoms with E-state index in [0.29, 0.717) is 6.54 Å². The van der Waals surface area contributed by atoms with Gasteiger partial charge in [0.25, 0.3) is 0 Å². The summed E-state index contributed by atoms with van der Waals surface area (Å²) in [6, 6.07) is -1.17. The number of amidine groups is 1. The van der Waals surface area contributed by atoms with Crippen molar-refractivity contribution in [3.8, 4) is 0 Å². The molecule has 1 heterocycles. The fourth-order valence-corrected chi connectivity index (χ4v) is 2.08. The van der Waals surface area contributed by atoms with Gasteiger partial charge in [0.2, 0.25) is 0 Å². The van der Waals surface area contributed by atoms with Crippen LogP contribution in [0.4, 0.5) is 14.0 Å². The molecule has 0 aromatic heterocycles. The van der Waals surface area contributed by atoms with E-state index < -0.39 is 17.9 Å². The number of carbonyl (C=O) groups is 2. The Bertz CT molecular complexity index is 750. The normalized spacial score (nSPS) is 18.3. The smallest absolute Gasteiger partial charge is 0.338 e. The summed E-state index contributed by atoms with van der Waals surface area (Å²) in [6.07, 6.45) is 4.76. The van der Waals surface area contributed by atoms with Crippen molar-refractivity contribution in [1.82, 2.24) is 14.7 Å². The number of urea groups is 2. The van der Waals surface area contributed by atoms with Crippen LogP contribution in [0.25, 0.3) is 0 Å². The standard InChI is InChI=1S/C17H23FN6O2/c1-6-22(4)16(25)24-14(10-20)15(23(5)17(24)26)21-12(3)13(7-8-19)9-11(2)18/h7-10H,2-3,6,19-20H2,1,4-5H3/b8-7-,13-9+,14-10+,21-15+. The SMILES string of the molecule is C=C(F)/C=C(\C=C/N)C(=C)/N=C1\C(=C/N)N(C(=O)N(C)CC)C(=O)N1C. The van der Waals surface area contributed by atoms with Crippen LogP contribution >= 0.6 is 0 Å². The molecule has 0 spiro atoms. The number of imide groups is 1. The van der Waals surface area contributed by atoms with Crippen molar-refractivity contribution in [3.05, 3.63) is 60.5 Å². The van der Waals surface area contributed by atoms with Crippen molar-refractivity contribution in [2.24, 2.45) is 16.5 Å². The molecule has 0 bridgehead atoms. The van der Waals surface area contributed by atoms with Crippen molar-refractivity contribution in [1.29, 1.82) is 0 Å². The van der Waals surface area contributed by atoms with Gasteiger partial charge in [-0.3, -0.25) is 4.90 Å². The van der Waals surface area contributed by atoms with Gasteiger partial charge in [0.05, 0.1) is 5.70 Å². The van der Waals surface area contributed by atoms with Gasteiger partial charge in [-0.05, 0) is 25.3 Å². The highest BCUT2D eigenvalue weighted by Crippen LogP contribution is 2.24. The van der Waals surface area contributed by atoms with E-state index in [1.807, 2.05) is 0 Å². The topological polar surface area (TPSA) is 108 Å². The maximum Gasteiger partial charge on any atom is 0.338 e. The molecule has 9 heteroatoms. The molecule has 1 saturated heterocycles. The molecule has 0 aliphatic carbocycles. The van der Waals surface area contributed by atoms with Crippen LogP contribution in [-0.2, 0) is 0 Å². The van der Waals surface area contributed by atoms with Crippen molar-refractivity contribution in [2.75, 3.05) is 20.6 Å². The lowest BCUT2D eigenvalue weighted by molar-refractivity contribution is 0.174. The quantitative estimate of drug-likeness (QED) is 0.729. The summed E-state index contributed by atoms with van der Waals surface area (Å²) >= 11 is 0. The molecule has 140 valence electrons. The van der Waals surface area contributed by atoms with Gasteiger partial charge in [-0.25, -0.2) is 23.9 Å². The van der Waals surface area contributed by atoms with E-state index in [1.165, 1.54) is 24.2 Å². The number of allylic oxidation sites excluding steroid dienone is 3. The zero-order valence-corrected chi connectivity index (χ0v) is 15.1. The second-order valence-corrected chi connectivity index (χ2v) is 5.31. The van der Waals surface area contributed by atoms with Crippen LogP contribution in [0.2, 0.25) is 0 Å².